The molecule has 18 unspecified atom stereocenters. The van der Waals surface area contributed by atoms with Crippen LogP contribution in [0.25, 0.3) is 5.73 Å². The summed E-state index contributed by atoms with van der Waals surface area (Å²) < 4.78 is 69.0. The number of ether oxygens (including phenoxy) is 12. The summed E-state index contributed by atoms with van der Waals surface area (Å²) in [6.07, 6.45) is -42.0. The SMILES string of the molecule is C=CCO[C@@H]1OC(CC)[C@@H](O[C@@H]2OC(CO)[C@H](O[C@H]3OC(CO)[C@H](O)C(OC4OC(CO)[C@@](O)(O[C@@H]5OC(CO)[C@H](O)C(O)C5O[C@@H]5OC(C)[C@@H](O)C(O)C5O)CC4[NH-])C3O)C(O)C2O)C(C)C1O.[Ac].[Ac]. The molecule has 0 amide bonds. The number of rotatable bonds is 18. The second-order valence-corrected chi connectivity index (χ2v) is 18.1. The molecule has 6 heterocycles. The summed E-state index contributed by atoms with van der Waals surface area (Å²) in [5, 5.41) is 162. The van der Waals surface area contributed by atoms with E-state index in [1.54, 1.807) is 13.8 Å². The Morgan fingerprint density at radius 1 is 0.521 bits per heavy atom. The van der Waals surface area contributed by atoms with Crippen LogP contribution in [0, 0.1) is 94.0 Å². The molecule has 28 nitrogen and oxygen atoms in total. The standard InChI is InChI=1S/C41H70NO27.2Ac/c1-5-7-58-36-21(47)13(3)31(16(6-2)60-36)65-38-29(55)27(53)32(19(11-45)63-38)66-39-30(56)33(24(50)18(10-44)61-39)67-35-15(42)8-41(57,20(12-46)64-35)69-40-34(26(52)23(49)17(9-43)62-40)68-37-28(54)25(51)22(48)14(4)59-37;;/h5,13-40,42-57H,1,6-12H2,2-4H3;;/q-1;;/t13?,14?,15?,16?,17?,18?,19?,20?,21?,22-,23+,24+,25?,26?,27?,28?,29?,30?,31+,32+,33?,34?,35?,36-,37+,38+,39-,40+,41+;;/m1../s1. The van der Waals surface area contributed by atoms with Gasteiger partial charge in [0.15, 0.2) is 37.2 Å². The normalized spacial score (nSPS) is 50.6. The van der Waals surface area contributed by atoms with Crippen molar-refractivity contribution in [3.05, 3.63) is 18.4 Å². The zero-order chi connectivity index (χ0) is 50.8. The molecule has 6 aliphatic rings. The Labute approximate surface area is 479 Å². The Morgan fingerprint density at radius 2 is 1.03 bits per heavy atom. The van der Waals surface area contributed by atoms with Crippen molar-refractivity contribution >= 4 is 0 Å². The van der Waals surface area contributed by atoms with Gasteiger partial charge < -0.3 is 139 Å². The van der Waals surface area contributed by atoms with Crippen LogP contribution >= 0.6 is 0 Å². The average molecular weight is 1460 g/mol. The maximum atomic E-state index is 11.8. The van der Waals surface area contributed by atoms with Gasteiger partial charge >= 0.3 is 0 Å². The molecule has 0 bridgehead atoms. The summed E-state index contributed by atoms with van der Waals surface area (Å²) in [4.78, 5) is 0. The molecule has 0 spiro atoms. The summed E-state index contributed by atoms with van der Waals surface area (Å²) in [6.45, 7) is 4.69. The summed E-state index contributed by atoms with van der Waals surface area (Å²) >= 11 is 0. The molecule has 0 saturated carbocycles. The molecule has 6 aliphatic heterocycles. The average Bonchev–Trinajstić information content (AvgIpc) is 3.32. The van der Waals surface area contributed by atoms with Crippen molar-refractivity contribution < 1.29 is 222 Å². The van der Waals surface area contributed by atoms with Crippen LogP contribution in [-0.4, -0.2) is 281 Å². The van der Waals surface area contributed by atoms with Crippen LogP contribution in [0.1, 0.15) is 33.6 Å². The van der Waals surface area contributed by atoms with E-state index in [-0.39, 0.29) is 94.7 Å². The van der Waals surface area contributed by atoms with Gasteiger partial charge in [-0.15, -0.1) is 6.58 Å². The number of hydrogen-bond donors (Lipinski definition) is 15. The van der Waals surface area contributed by atoms with Crippen LogP contribution in [-0.2, 0) is 56.8 Å². The second-order valence-electron chi connectivity index (χ2n) is 18.1. The predicted molar refractivity (Wildman–Crippen MR) is 220 cm³/mol. The van der Waals surface area contributed by atoms with Crippen molar-refractivity contribution in [2.75, 3.05) is 33.0 Å². The van der Waals surface area contributed by atoms with E-state index in [9.17, 15) is 76.6 Å². The molecule has 0 aromatic rings. The van der Waals surface area contributed by atoms with Crippen LogP contribution in [0.3, 0.4) is 0 Å². The molecule has 30 heteroatoms. The predicted octanol–water partition coefficient (Wildman–Crippen LogP) is -7.76. The first-order valence-corrected chi connectivity index (χ1v) is 22.8. The van der Waals surface area contributed by atoms with Gasteiger partial charge in [-0.3, -0.25) is 0 Å². The number of nitrogens with one attached hydrogen (secondary N) is 1. The molecule has 6 fully saturated rings. The van der Waals surface area contributed by atoms with Gasteiger partial charge in [-0.05, 0) is 19.8 Å². The Morgan fingerprint density at radius 3 is 1.63 bits per heavy atom. The number of aliphatic hydroxyl groups excluding tert-OH is 14. The third-order valence-corrected chi connectivity index (χ3v) is 13.4. The van der Waals surface area contributed by atoms with Gasteiger partial charge in [-0.2, -0.15) is 0 Å². The molecule has 2 radical (unpaired) electrons. The molecule has 0 aliphatic carbocycles. The first-order chi connectivity index (χ1) is 32.7. The quantitative estimate of drug-likeness (QED) is 0.0448. The zero-order valence-electron chi connectivity index (χ0n) is 39.2. The maximum absolute atomic E-state index is 11.8. The van der Waals surface area contributed by atoms with Gasteiger partial charge in [0, 0.05) is 94.0 Å². The van der Waals surface area contributed by atoms with E-state index in [0.717, 1.165) is 0 Å². The topological polar surface area (TPSA) is 438 Å². The Balaban J connectivity index is 0.00000548. The molecule has 408 valence electrons. The van der Waals surface area contributed by atoms with Gasteiger partial charge in [0.05, 0.1) is 51.3 Å². The maximum Gasteiger partial charge on any atom is 0.196 e. The molecular formula is C41H70Ac2NO27-. The van der Waals surface area contributed by atoms with E-state index in [2.05, 4.69) is 6.58 Å². The molecule has 6 rings (SSSR count). The van der Waals surface area contributed by atoms with Crippen LogP contribution in [0.4, 0.5) is 0 Å². The fourth-order valence-corrected chi connectivity index (χ4v) is 9.20. The van der Waals surface area contributed by atoms with Crippen molar-refractivity contribution in [1.82, 2.24) is 0 Å². The van der Waals surface area contributed by atoms with Crippen molar-refractivity contribution in [3.8, 4) is 0 Å². The summed E-state index contributed by atoms with van der Waals surface area (Å²) in [5.74, 6) is -3.41. The third-order valence-electron chi connectivity index (χ3n) is 13.4. The zero-order valence-corrected chi connectivity index (χ0v) is 48.7. The van der Waals surface area contributed by atoms with Crippen molar-refractivity contribution in [3.63, 3.8) is 0 Å². The summed E-state index contributed by atoms with van der Waals surface area (Å²) in [6, 6.07) is -1.74. The van der Waals surface area contributed by atoms with E-state index >= 15 is 0 Å². The minimum absolute atomic E-state index is 0. The van der Waals surface area contributed by atoms with Crippen molar-refractivity contribution in [2.24, 2.45) is 5.92 Å². The molecular weight excluding hydrogens is 1390 g/mol. The van der Waals surface area contributed by atoms with E-state index in [1.165, 1.54) is 13.0 Å². The van der Waals surface area contributed by atoms with E-state index < -0.39 is 210 Å². The summed E-state index contributed by atoms with van der Waals surface area (Å²) in [7, 11) is 0. The van der Waals surface area contributed by atoms with Crippen molar-refractivity contribution in [2.45, 2.75) is 205 Å². The van der Waals surface area contributed by atoms with Gasteiger partial charge in [-0.25, -0.2) is 0 Å². The first-order valence-electron chi connectivity index (χ1n) is 22.8. The summed E-state index contributed by atoms with van der Waals surface area (Å²) in [5.41, 5.74) is 8.86. The van der Waals surface area contributed by atoms with Crippen LogP contribution in [0.2, 0.25) is 0 Å². The molecule has 6 saturated heterocycles. The minimum Gasteiger partial charge on any atom is -0.670 e. The largest absolute Gasteiger partial charge is 0.670 e. The molecule has 29 atom stereocenters. The van der Waals surface area contributed by atoms with Gasteiger partial charge in [0.1, 0.15) is 110 Å². The first kappa shape index (κ1) is 65.0. The number of hydrogen-bond acceptors (Lipinski definition) is 27. The second kappa shape index (κ2) is 28.6. The van der Waals surface area contributed by atoms with E-state index in [1.807, 2.05) is 0 Å². The van der Waals surface area contributed by atoms with E-state index in [0.29, 0.717) is 6.42 Å². The minimum atomic E-state index is -2.75. The number of aliphatic hydroxyl groups is 15. The van der Waals surface area contributed by atoms with E-state index in [4.69, 9.17) is 62.6 Å². The van der Waals surface area contributed by atoms with Crippen LogP contribution in [0.5, 0.6) is 0 Å². The van der Waals surface area contributed by atoms with Crippen LogP contribution < -0.4 is 0 Å². The van der Waals surface area contributed by atoms with Crippen LogP contribution in [0.15, 0.2) is 12.7 Å². The Kier molecular flexibility index (Phi) is 26.2. The van der Waals surface area contributed by atoms with Gasteiger partial charge in [0.2, 0.25) is 0 Å². The third kappa shape index (κ3) is 14.3. The smallest absolute Gasteiger partial charge is 0.196 e. The fourth-order valence-electron chi connectivity index (χ4n) is 9.20. The Hall–Kier alpha value is 1.50. The molecule has 71 heavy (non-hydrogen) atoms. The Bertz CT molecular complexity index is 1610. The monoisotopic (exact) mass is 1460 g/mol. The molecule has 16 N–H and O–H groups in total. The molecule has 0 aromatic heterocycles. The fraction of sp³-hybridized carbons (Fsp3) is 0.951. The van der Waals surface area contributed by atoms with Gasteiger partial charge in [0.25, 0.3) is 0 Å². The van der Waals surface area contributed by atoms with Crippen molar-refractivity contribution in [1.29, 1.82) is 0 Å². The molecule has 0 aromatic carbocycles. The van der Waals surface area contributed by atoms with Gasteiger partial charge in [-0.1, -0.05) is 26.0 Å².